The predicted molar refractivity (Wildman–Crippen MR) is 168 cm³/mol. The molecule has 0 radical (unpaired) electrons. The number of hydrogen-bond acceptors (Lipinski definition) is 6. The Bertz CT molecular complexity index is 1680. The van der Waals surface area contributed by atoms with Gasteiger partial charge in [0, 0.05) is 50.7 Å². The first-order valence-corrected chi connectivity index (χ1v) is 13.2. The van der Waals surface area contributed by atoms with Crippen molar-refractivity contribution in [3.8, 4) is 35.4 Å². The Labute approximate surface area is 247 Å². The molecule has 4 rings (SSSR count). The standard InChI is InChI=1S/C36H28N6/c1-41(2)29-17-13-25(14-18-29)35(27(21-37)22-38)33-11-7-5-9-31(33)32-10-6-8-12-34(32)36(28(23-39)24-40)26-15-19-30(20-16-26)42(3)4/h5-20H,1-4H3. The molecule has 0 heterocycles. The molecule has 6 nitrogen and oxygen atoms in total. The summed E-state index contributed by atoms with van der Waals surface area (Å²) in [4.78, 5) is 3.96. The summed E-state index contributed by atoms with van der Waals surface area (Å²) < 4.78 is 0. The van der Waals surface area contributed by atoms with Crippen LogP contribution in [0.15, 0.2) is 108 Å². The fourth-order valence-corrected chi connectivity index (χ4v) is 4.87. The van der Waals surface area contributed by atoms with Crippen molar-refractivity contribution in [3.05, 3.63) is 130 Å². The summed E-state index contributed by atoms with van der Waals surface area (Å²) >= 11 is 0. The fraction of sp³-hybridized carbons (Fsp3) is 0.111. The van der Waals surface area contributed by atoms with E-state index < -0.39 is 0 Å². The number of nitriles is 4. The summed E-state index contributed by atoms with van der Waals surface area (Å²) in [6.45, 7) is 0. The SMILES string of the molecule is CN(C)c1ccc(C(=C(C#N)C#N)c2ccccc2-c2ccccc2C(=C(C#N)C#N)c2ccc(N(C)C)cc2)cc1. The van der Waals surface area contributed by atoms with Gasteiger partial charge in [-0.2, -0.15) is 21.0 Å². The van der Waals surface area contributed by atoms with Gasteiger partial charge in [-0.3, -0.25) is 0 Å². The zero-order chi connectivity index (χ0) is 30.2. The number of anilines is 2. The first-order chi connectivity index (χ1) is 20.3. The summed E-state index contributed by atoms with van der Waals surface area (Å²) in [5.74, 6) is 0. The largest absolute Gasteiger partial charge is 0.378 e. The Balaban J connectivity index is 2.02. The highest BCUT2D eigenvalue weighted by Crippen LogP contribution is 2.40. The first-order valence-electron chi connectivity index (χ1n) is 13.2. The van der Waals surface area contributed by atoms with Crippen molar-refractivity contribution in [1.29, 1.82) is 21.0 Å². The van der Waals surface area contributed by atoms with E-state index in [0.717, 1.165) is 33.6 Å². The van der Waals surface area contributed by atoms with Crippen molar-refractivity contribution in [2.75, 3.05) is 38.0 Å². The van der Waals surface area contributed by atoms with Gasteiger partial charge < -0.3 is 9.80 Å². The van der Waals surface area contributed by atoms with Gasteiger partial charge in [0.05, 0.1) is 0 Å². The number of hydrogen-bond donors (Lipinski definition) is 0. The second-order valence-corrected chi connectivity index (χ2v) is 9.92. The normalized spacial score (nSPS) is 9.81. The highest BCUT2D eigenvalue weighted by atomic mass is 15.1. The Hall–Kier alpha value is -6.08. The molecule has 0 saturated heterocycles. The molecular weight excluding hydrogens is 516 g/mol. The van der Waals surface area contributed by atoms with Crippen molar-refractivity contribution < 1.29 is 0 Å². The van der Waals surface area contributed by atoms with E-state index in [9.17, 15) is 21.0 Å². The highest BCUT2D eigenvalue weighted by molar-refractivity contribution is 5.98. The maximum atomic E-state index is 9.99. The Morgan fingerprint density at radius 1 is 0.452 bits per heavy atom. The van der Waals surface area contributed by atoms with Gasteiger partial charge in [0.2, 0.25) is 0 Å². The van der Waals surface area contributed by atoms with Gasteiger partial charge in [0.15, 0.2) is 0 Å². The molecule has 202 valence electrons. The van der Waals surface area contributed by atoms with Crippen molar-refractivity contribution in [3.63, 3.8) is 0 Å². The summed E-state index contributed by atoms with van der Waals surface area (Å²) in [6.07, 6.45) is 0. The Kier molecular flexibility index (Phi) is 8.85. The molecule has 42 heavy (non-hydrogen) atoms. The van der Waals surface area contributed by atoms with Crippen LogP contribution in [-0.4, -0.2) is 28.2 Å². The second kappa shape index (κ2) is 12.8. The van der Waals surface area contributed by atoms with Gasteiger partial charge in [0.25, 0.3) is 0 Å². The zero-order valence-electron chi connectivity index (χ0n) is 23.9. The second-order valence-electron chi connectivity index (χ2n) is 9.92. The third-order valence-electron chi connectivity index (χ3n) is 6.97. The van der Waals surface area contributed by atoms with Crippen LogP contribution >= 0.6 is 0 Å². The van der Waals surface area contributed by atoms with E-state index in [-0.39, 0.29) is 11.1 Å². The molecule has 0 unspecified atom stereocenters. The molecule has 0 aliphatic carbocycles. The maximum Gasteiger partial charge on any atom is 0.138 e. The molecule has 0 aliphatic heterocycles. The number of nitrogens with zero attached hydrogens (tertiary/aromatic N) is 6. The lowest BCUT2D eigenvalue weighted by molar-refractivity contribution is 1.13. The third kappa shape index (κ3) is 5.76. The molecule has 0 saturated carbocycles. The minimum Gasteiger partial charge on any atom is -0.378 e. The minimum atomic E-state index is -0.0117. The molecule has 0 aliphatic rings. The highest BCUT2D eigenvalue weighted by Gasteiger charge is 2.21. The smallest absolute Gasteiger partial charge is 0.138 e. The fourth-order valence-electron chi connectivity index (χ4n) is 4.87. The van der Waals surface area contributed by atoms with Crippen LogP contribution in [0, 0.1) is 45.3 Å². The van der Waals surface area contributed by atoms with E-state index in [1.54, 1.807) is 0 Å². The van der Waals surface area contributed by atoms with E-state index in [1.807, 2.05) is 135 Å². The average molecular weight is 545 g/mol. The molecule has 6 heteroatoms. The van der Waals surface area contributed by atoms with E-state index in [1.165, 1.54) is 0 Å². The lowest BCUT2D eigenvalue weighted by atomic mass is 9.83. The van der Waals surface area contributed by atoms with E-state index in [4.69, 9.17) is 0 Å². The zero-order valence-corrected chi connectivity index (χ0v) is 23.9. The summed E-state index contributed by atoms with van der Waals surface area (Å²) in [7, 11) is 7.79. The van der Waals surface area contributed by atoms with Gasteiger partial charge in [-0.25, -0.2) is 0 Å². The predicted octanol–water partition coefficient (Wildman–Crippen LogP) is 7.18. The maximum absolute atomic E-state index is 9.99. The molecule has 0 N–H and O–H groups in total. The number of benzene rings is 4. The molecule has 0 amide bonds. The minimum absolute atomic E-state index is 0.0117. The van der Waals surface area contributed by atoms with Gasteiger partial charge in [-0.1, -0.05) is 72.8 Å². The summed E-state index contributed by atoms with van der Waals surface area (Å²) in [6, 6.07) is 38.9. The molecular formula is C36H28N6. The number of rotatable bonds is 7. The van der Waals surface area contributed by atoms with Crippen LogP contribution in [0.3, 0.4) is 0 Å². The van der Waals surface area contributed by atoms with E-state index in [2.05, 4.69) is 24.3 Å². The van der Waals surface area contributed by atoms with Gasteiger partial charge in [-0.15, -0.1) is 0 Å². The molecule has 4 aromatic carbocycles. The Morgan fingerprint density at radius 2 is 0.762 bits per heavy atom. The lowest BCUT2D eigenvalue weighted by Gasteiger charge is -2.20. The van der Waals surface area contributed by atoms with Crippen LogP contribution in [0.25, 0.3) is 22.3 Å². The van der Waals surface area contributed by atoms with Crippen LogP contribution in [-0.2, 0) is 0 Å². The van der Waals surface area contributed by atoms with Gasteiger partial charge in [0.1, 0.15) is 35.4 Å². The first kappa shape index (κ1) is 28.9. The van der Waals surface area contributed by atoms with E-state index in [0.29, 0.717) is 22.3 Å². The number of allylic oxidation sites excluding steroid dienone is 2. The van der Waals surface area contributed by atoms with Crippen LogP contribution in [0.2, 0.25) is 0 Å². The van der Waals surface area contributed by atoms with Crippen molar-refractivity contribution in [2.45, 2.75) is 0 Å². The van der Waals surface area contributed by atoms with Crippen LogP contribution in [0.4, 0.5) is 11.4 Å². The molecule has 0 atom stereocenters. The van der Waals surface area contributed by atoms with Crippen molar-refractivity contribution in [1.82, 2.24) is 0 Å². The molecule has 0 spiro atoms. The average Bonchev–Trinajstić information content (AvgIpc) is 3.02. The summed E-state index contributed by atoms with van der Waals surface area (Å²) in [5.41, 5.74) is 7.35. The lowest BCUT2D eigenvalue weighted by Crippen LogP contribution is -2.08. The quantitative estimate of drug-likeness (QED) is 0.228. The van der Waals surface area contributed by atoms with E-state index >= 15 is 0 Å². The Morgan fingerprint density at radius 3 is 1.05 bits per heavy atom. The topological polar surface area (TPSA) is 102 Å². The van der Waals surface area contributed by atoms with Crippen molar-refractivity contribution in [2.24, 2.45) is 0 Å². The molecule has 0 aromatic heterocycles. The summed E-state index contributed by atoms with van der Waals surface area (Å²) in [5, 5.41) is 40.0. The monoisotopic (exact) mass is 544 g/mol. The van der Waals surface area contributed by atoms with Gasteiger partial charge in [-0.05, 0) is 57.6 Å². The van der Waals surface area contributed by atoms with Crippen LogP contribution in [0.1, 0.15) is 22.3 Å². The molecule has 0 fully saturated rings. The van der Waals surface area contributed by atoms with Crippen LogP contribution < -0.4 is 9.80 Å². The molecule has 4 aromatic rings. The van der Waals surface area contributed by atoms with Gasteiger partial charge >= 0.3 is 0 Å². The molecule has 0 bridgehead atoms. The van der Waals surface area contributed by atoms with Crippen LogP contribution in [0.5, 0.6) is 0 Å². The van der Waals surface area contributed by atoms with Crippen molar-refractivity contribution >= 4 is 22.5 Å². The third-order valence-corrected chi connectivity index (χ3v) is 6.97.